The monoisotopic (exact) mass is 373 g/mol. The number of hydrazone groups is 1. The van der Waals surface area contributed by atoms with E-state index in [4.69, 9.17) is 21.4 Å². The van der Waals surface area contributed by atoms with Gasteiger partial charge in [0.25, 0.3) is 0 Å². The number of piperidine rings is 1. The SMILES string of the molecule is CN1CCC2(CC1)Oc1ccc(Cl)cc1[C@@H]1CC(c3cccs3)=NN12. The van der Waals surface area contributed by atoms with Gasteiger partial charge in [0.05, 0.1) is 16.6 Å². The lowest BCUT2D eigenvalue weighted by Crippen LogP contribution is -2.58. The number of hydrogen-bond donors (Lipinski definition) is 0. The fourth-order valence-corrected chi connectivity index (χ4v) is 5.04. The molecule has 2 aromatic rings. The van der Waals surface area contributed by atoms with E-state index in [1.807, 2.05) is 18.2 Å². The molecule has 0 unspecified atom stereocenters. The first kappa shape index (κ1) is 15.7. The van der Waals surface area contributed by atoms with Crippen LogP contribution in [0.5, 0.6) is 5.75 Å². The van der Waals surface area contributed by atoms with E-state index in [-0.39, 0.29) is 11.8 Å². The molecule has 3 aliphatic rings. The number of benzene rings is 1. The highest BCUT2D eigenvalue weighted by Crippen LogP contribution is 2.50. The summed E-state index contributed by atoms with van der Waals surface area (Å²) in [6.07, 6.45) is 2.83. The maximum atomic E-state index is 6.58. The predicted molar refractivity (Wildman–Crippen MR) is 102 cm³/mol. The van der Waals surface area contributed by atoms with Crippen LogP contribution in [0, 0.1) is 0 Å². The lowest BCUT2D eigenvalue weighted by molar-refractivity contribution is -0.147. The van der Waals surface area contributed by atoms with E-state index in [0.29, 0.717) is 0 Å². The zero-order chi connectivity index (χ0) is 17.0. The van der Waals surface area contributed by atoms with Crippen LogP contribution < -0.4 is 4.74 Å². The average molecular weight is 374 g/mol. The minimum absolute atomic E-state index is 0.211. The van der Waals surface area contributed by atoms with Crippen LogP contribution in [0.3, 0.4) is 0 Å². The molecule has 0 saturated carbocycles. The summed E-state index contributed by atoms with van der Waals surface area (Å²) in [6, 6.07) is 10.5. The first-order valence-electron chi connectivity index (χ1n) is 8.72. The van der Waals surface area contributed by atoms with Gasteiger partial charge in [-0.25, -0.2) is 5.01 Å². The van der Waals surface area contributed by atoms with Gasteiger partial charge in [0.1, 0.15) is 5.75 Å². The number of ether oxygens (including phenoxy) is 1. The summed E-state index contributed by atoms with van der Waals surface area (Å²) in [7, 11) is 2.17. The molecule has 1 spiro atoms. The Labute approximate surface area is 156 Å². The fourth-order valence-electron chi connectivity index (χ4n) is 4.14. The fraction of sp³-hybridized carbons (Fsp3) is 0.421. The normalized spacial score (nSPS) is 24.6. The van der Waals surface area contributed by atoms with Crippen molar-refractivity contribution in [2.75, 3.05) is 20.1 Å². The van der Waals surface area contributed by atoms with Gasteiger partial charge < -0.3 is 9.64 Å². The van der Waals surface area contributed by atoms with Gasteiger partial charge in [-0.05, 0) is 36.7 Å². The van der Waals surface area contributed by atoms with E-state index in [1.165, 1.54) is 4.88 Å². The van der Waals surface area contributed by atoms with Crippen molar-refractivity contribution in [1.29, 1.82) is 0 Å². The summed E-state index contributed by atoms with van der Waals surface area (Å²) in [5, 5.41) is 10.2. The summed E-state index contributed by atoms with van der Waals surface area (Å²) in [5.41, 5.74) is 1.99. The van der Waals surface area contributed by atoms with Crippen LogP contribution in [0.4, 0.5) is 0 Å². The van der Waals surface area contributed by atoms with Crippen LogP contribution in [0.2, 0.25) is 5.02 Å². The molecule has 1 aromatic carbocycles. The van der Waals surface area contributed by atoms with Crippen LogP contribution in [-0.2, 0) is 0 Å². The van der Waals surface area contributed by atoms with Crippen molar-refractivity contribution < 1.29 is 4.74 Å². The van der Waals surface area contributed by atoms with Gasteiger partial charge >= 0.3 is 0 Å². The summed E-state index contributed by atoms with van der Waals surface area (Å²) in [6.45, 7) is 2.05. The van der Waals surface area contributed by atoms with E-state index < -0.39 is 0 Å². The molecule has 1 atom stereocenters. The number of nitrogens with zero attached hydrogens (tertiary/aromatic N) is 3. The molecule has 0 bridgehead atoms. The molecule has 3 aliphatic heterocycles. The molecular formula is C19H20ClN3OS. The summed E-state index contributed by atoms with van der Waals surface area (Å²) in [5.74, 6) is 0.970. The molecule has 25 heavy (non-hydrogen) atoms. The van der Waals surface area contributed by atoms with Gasteiger partial charge in [-0.1, -0.05) is 17.7 Å². The highest BCUT2D eigenvalue weighted by molar-refractivity contribution is 7.12. The van der Waals surface area contributed by atoms with Crippen molar-refractivity contribution in [2.24, 2.45) is 5.10 Å². The maximum absolute atomic E-state index is 6.58. The van der Waals surface area contributed by atoms with Crippen molar-refractivity contribution in [1.82, 2.24) is 9.91 Å². The molecule has 6 heteroatoms. The molecule has 1 saturated heterocycles. The lowest BCUT2D eigenvalue weighted by atomic mass is 9.91. The van der Waals surface area contributed by atoms with Crippen molar-refractivity contribution >= 4 is 28.6 Å². The lowest BCUT2D eigenvalue weighted by Gasteiger charge is -2.50. The molecule has 1 fully saturated rings. The van der Waals surface area contributed by atoms with Gasteiger partial charge in [-0.2, -0.15) is 5.10 Å². The topological polar surface area (TPSA) is 28.1 Å². The Morgan fingerprint density at radius 2 is 2.12 bits per heavy atom. The van der Waals surface area contributed by atoms with E-state index >= 15 is 0 Å². The number of rotatable bonds is 1. The molecule has 0 radical (unpaired) electrons. The molecular weight excluding hydrogens is 354 g/mol. The number of hydrogen-bond acceptors (Lipinski definition) is 5. The summed E-state index contributed by atoms with van der Waals surface area (Å²) < 4.78 is 6.58. The van der Waals surface area contributed by atoms with Crippen LogP contribution in [0.25, 0.3) is 0 Å². The minimum Gasteiger partial charge on any atom is -0.466 e. The maximum Gasteiger partial charge on any atom is 0.200 e. The molecule has 0 amide bonds. The molecule has 130 valence electrons. The zero-order valence-corrected chi connectivity index (χ0v) is 15.7. The minimum atomic E-state index is -0.336. The first-order valence-corrected chi connectivity index (χ1v) is 9.98. The largest absolute Gasteiger partial charge is 0.466 e. The van der Waals surface area contributed by atoms with Crippen molar-refractivity contribution in [2.45, 2.75) is 31.0 Å². The smallest absolute Gasteiger partial charge is 0.200 e. The van der Waals surface area contributed by atoms with E-state index in [9.17, 15) is 0 Å². The van der Waals surface area contributed by atoms with Crippen LogP contribution in [-0.4, -0.2) is 41.5 Å². The molecule has 4 nitrogen and oxygen atoms in total. The Kier molecular flexibility index (Phi) is 3.59. The van der Waals surface area contributed by atoms with Crippen molar-refractivity contribution in [3.05, 3.63) is 51.2 Å². The number of thiophene rings is 1. The predicted octanol–water partition coefficient (Wildman–Crippen LogP) is 4.37. The number of fused-ring (bicyclic) bond motifs is 4. The third-order valence-corrected chi connectivity index (χ3v) is 6.69. The van der Waals surface area contributed by atoms with Gasteiger partial charge in [0.15, 0.2) is 0 Å². The highest BCUT2D eigenvalue weighted by Gasteiger charge is 2.51. The van der Waals surface area contributed by atoms with Crippen molar-refractivity contribution in [3.8, 4) is 5.75 Å². The van der Waals surface area contributed by atoms with E-state index in [1.54, 1.807) is 11.3 Å². The Morgan fingerprint density at radius 1 is 1.28 bits per heavy atom. The van der Waals surface area contributed by atoms with Crippen LogP contribution >= 0.6 is 22.9 Å². The molecule has 4 heterocycles. The second-order valence-corrected chi connectivity index (χ2v) is 8.51. The van der Waals surface area contributed by atoms with Crippen LogP contribution in [0.1, 0.15) is 35.7 Å². The summed E-state index contributed by atoms with van der Waals surface area (Å²) >= 11 is 8.04. The number of halogens is 1. The highest BCUT2D eigenvalue weighted by atomic mass is 35.5. The Hall–Kier alpha value is -1.56. The standard InChI is InChI=1S/C19H20ClN3OS/c1-22-8-6-19(7-9-22)23-16(12-15(21-23)18-3-2-10-25-18)14-11-13(20)4-5-17(14)24-19/h2-5,10-11,16H,6-9,12H2,1H3/t16-/m0/s1. The molecule has 5 rings (SSSR count). The molecule has 1 aromatic heterocycles. The first-order chi connectivity index (χ1) is 12.1. The quantitative estimate of drug-likeness (QED) is 0.743. The van der Waals surface area contributed by atoms with Crippen molar-refractivity contribution in [3.63, 3.8) is 0 Å². The Balaban J connectivity index is 1.60. The van der Waals surface area contributed by atoms with Gasteiger partial charge in [0, 0.05) is 42.9 Å². The second kappa shape index (κ2) is 5.73. The van der Waals surface area contributed by atoms with Crippen LogP contribution in [0.15, 0.2) is 40.8 Å². The second-order valence-electron chi connectivity index (χ2n) is 7.12. The van der Waals surface area contributed by atoms with Gasteiger partial charge in [0.2, 0.25) is 5.72 Å². The van der Waals surface area contributed by atoms with E-state index in [2.05, 4.69) is 34.5 Å². The third kappa shape index (κ3) is 2.48. The average Bonchev–Trinajstić information content (AvgIpc) is 3.28. The molecule has 0 N–H and O–H groups in total. The van der Waals surface area contributed by atoms with Gasteiger partial charge in [-0.15, -0.1) is 11.3 Å². The molecule has 0 aliphatic carbocycles. The zero-order valence-electron chi connectivity index (χ0n) is 14.1. The summed E-state index contributed by atoms with van der Waals surface area (Å²) in [4.78, 5) is 3.61. The Bertz CT molecular complexity index is 827. The third-order valence-electron chi connectivity index (χ3n) is 5.53. The Morgan fingerprint density at radius 3 is 2.88 bits per heavy atom. The van der Waals surface area contributed by atoms with E-state index in [0.717, 1.165) is 54.4 Å². The van der Waals surface area contributed by atoms with Gasteiger partial charge in [-0.3, -0.25) is 0 Å². The number of likely N-dealkylation sites (tertiary alicyclic amines) is 1.